The highest BCUT2D eigenvalue weighted by molar-refractivity contribution is 6.31. The van der Waals surface area contributed by atoms with Crippen LogP contribution in [0.4, 0.5) is 10.1 Å². The van der Waals surface area contributed by atoms with E-state index in [4.69, 9.17) is 11.6 Å². The summed E-state index contributed by atoms with van der Waals surface area (Å²) in [6, 6.07) is 11.9. The Balaban J connectivity index is 1.66. The van der Waals surface area contributed by atoms with Crippen molar-refractivity contribution >= 4 is 35.2 Å². The monoisotopic (exact) mass is 486 g/mol. The SMILES string of the molecule is C[C@@H]1CN(Cc2ccc(F)cc2)[C@@H](C)CN1C(=O)C=Cc1ccc(Cl)cc1NC(=O)CN(C)C. The molecule has 1 saturated heterocycles. The standard InChI is InChI=1S/C26H32ClFN4O2/c1-18-15-32(19(2)14-31(18)16-20-5-10-23(28)11-6-20)26(34)12-8-21-7-9-22(27)13-24(21)29-25(33)17-30(3)4/h5-13,18-19H,14-17H2,1-4H3,(H,29,33)/t18-,19+/m0/s1. The summed E-state index contributed by atoms with van der Waals surface area (Å²) in [5.74, 6) is -0.484. The molecule has 0 aliphatic carbocycles. The van der Waals surface area contributed by atoms with Crippen molar-refractivity contribution in [2.75, 3.05) is 39.0 Å². The second-order valence-corrected chi connectivity index (χ2v) is 9.53. The molecular formula is C26H32ClFN4O2. The van der Waals surface area contributed by atoms with Crippen LogP contribution in [-0.4, -0.2) is 72.3 Å². The number of hydrogen-bond acceptors (Lipinski definition) is 4. The summed E-state index contributed by atoms with van der Waals surface area (Å²) in [4.78, 5) is 31.2. The number of likely N-dealkylation sites (N-methyl/N-ethyl adjacent to an activating group) is 1. The normalized spacial score (nSPS) is 19.1. The summed E-state index contributed by atoms with van der Waals surface area (Å²) in [6.07, 6.45) is 3.26. The van der Waals surface area contributed by atoms with Crippen molar-refractivity contribution in [2.24, 2.45) is 0 Å². The Kier molecular flexibility index (Phi) is 8.83. The van der Waals surface area contributed by atoms with E-state index in [1.54, 1.807) is 47.4 Å². The van der Waals surface area contributed by atoms with Crippen LogP contribution >= 0.6 is 11.6 Å². The third kappa shape index (κ3) is 7.13. The lowest BCUT2D eigenvalue weighted by atomic mass is 10.1. The molecule has 0 radical (unpaired) electrons. The minimum atomic E-state index is -0.242. The van der Waals surface area contributed by atoms with Gasteiger partial charge in [-0.15, -0.1) is 0 Å². The zero-order chi connectivity index (χ0) is 24.8. The summed E-state index contributed by atoms with van der Waals surface area (Å²) in [6.45, 7) is 6.40. The Labute approximate surface area is 206 Å². The summed E-state index contributed by atoms with van der Waals surface area (Å²) < 4.78 is 13.2. The molecule has 6 nitrogen and oxygen atoms in total. The van der Waals surface area contributed by atoms with Crippen LogP contribution in [0, 0.1) is 5.82 Å². The Hall–Kier alpha value is -2.74. The molecule has 1 N–H and O–H groups in total. The van der Waals surface area contributed by atoms with Gasteiger partial charge < -0.3 is 15.1 Å². The maximum Gasteiger partial charge on any atom is 0.246 e. The number of anilines is 1. The number of benzene rings is 2. The van der Waals surface area contributed by atoms with E-state index in [-0.39, 0.29) is 36.3 Å². The van der Waals surface area contributed by atoms with Crippen LogP contribution in [0.1, 0.15) is 25.0 Å². The molecule has 8 heteroatoms. The number of nitrogens with zero attached hydrogens (tertiary/aromatic N) is 3. The maximum absolute atomic E-state index is 13.2. The minimum Gasteiger partial charge on any atom is -0.334 e. The van der Waals surface area contributed by atoms with Gasteiger partial charge in [0.05, 0.1) is 6.54 Å². The first-order chi connectivity index (χ1) is 16.1. The van der Waals surface area contributed by atoms with Crippen molar-refractivity contribution in [3.8, 4) is 0 Å². The molecule has 1 aliphatic heterocycles. The van der Waals surface area contributed by atoms with E-state index in [0.29, 0.717) is 29.4 Å². The van der Waals surface area contributed by atoms with Gasteiger partial charge in [0, 0.05) is 48.5 Å². The maximum atomic E-state index is 13.2. The van der Waals surface area contributed by atoms with Gasteiger partial charge in [-0.05, 0) is 69.4 Å². The van der Waals surface area contributed by atoms with Gasteiger partial charge in [0.2, 0.25) is 11.8 Å². The van der Waals surface area contributed by atoms with E-state index in [9.17, 15) is 14.0 Å². The fourth-order valence-electron chi connectivity index (χ4n) is 4.07. The van der Waals surface area contributed by atoms with Gasteiger partial charge in [0.25, 0.3) is 0 Å². The van der Waals surface area contributed by atoms with E-state index < -0.39 is 0 Å². The third-order valence-electron chi connectivity index (χ3n) is 5.85. The molecule has 0 spiro atoms. The van der Waals surface area contributed by atoms with Crippen molar-refractivity contribution in [3.63, 3.8) is 0 Å². The highest BCUT2D eigenvalue weighted by atomic mass is 35.5. The van der Waals surface area contributed by atoms with Gasteiger partial charge in [-0.2, -0.15) is 0 Å². The second kappa shape index (κ2) is 11.6. The molecule has 34 heavy (non-hydrogen) atoms. The fraction of sp³-hybridized carbons (Fsp3) is 0.385. The molecule has 0 aromatic heterocycles. The van der Waals surface area contributed by atoms with Crippen LogP contribution in [0.15, 0.2) is 48.5 Å². The highest BCUT2D eigenvalue weighted by Crippen LogP contribution is 2.23. The van der Waals surface area contributed by atoms with E-state index in [1.807, 2.05) is 25.9 Å². The van der Waals surface area contributed by atoms with Gasteiger partial charge in [0.1, 0.15) is 5.82 Å². The molecule has 0 unspecified atom stereocenters. The van der Waals surface area contributed by atoms with Gasteiger partial charge >= 0.3 is 0 Å². The van der Waals surface area contributed by atoms with E-state index >= 15 is 0 Å². The highest BCUT2D eigenvalue weighted by Gasteiger charge is 2.31. The lowest BCUT2D eigenvalue weighted by molar-refractivity contribution is -0.131. The number of hydrogen-bond donors (Lipinski definition) is 1. The number of carbonyl (C=O) groups is 2. The first-order valence-electron chi connectivity index (χ1n) is 11.3. The molecule has 1 aliphatic rings. The Morgan fingerprint density at radius 2 is 1.82 bits per heavy atom. The van der Waals surface area contributed by atoms with Crippen molar-refractivity contribution in [2.45, 2.75) is 32.5 Å². The summed E-state index contributed by atoms with van der Waals surface area (Å²) in [7, 11) is 3.64. The van der Waals surface area contributed by atoms with Gasteiger partial charge in [0.15, 0.2) is 0 Å². The molecular weight excluding hydrogens is 455 g/mol. The molecule has 2 aromatic rings. The first kappa shape index (κ1) is 25.9. The molecule has 3 rings (SSSR count). The number of rotatable bonds is 7. The Morgan fingerprint density at radius 1 is 1.12 bits per heavy atom. The van der Waals surface area contributed by atoms with Crippen LogP contribution in [0.25, 0.3) is 6.08 Å². The van der Waals surface area contributed by atoms with Crippen LogP contribution in [0.5, 0.6) is 0 Å². The fourth-order valence-corrected chi connectivity index (χ4v) is 4.24. The second-order valence-electron chi connectivity index (χ2n) is 9.10. The van der Waals surface area contributed by atoms with E-state index in [2.05, 4.69) is 17.1 Å². The van der Waals surface area contributed by atoms with Crippen LogP contribution in [0.2, 0.25) is 5.02 Å². The Morgan fingerprint density at radius 3 is 2.50 bits per heavy atom. The summed E-state index contributed by atoms with van der Waals surface area (Å²) in [5, 5.41) is 3.37. The molecule has 0 saturated carbocycles. The third-order valence-corrected chi connectivity index (χ3v) is 6.09. The number of amides is 2. The van der Waals surface area contributed by atoms with Gasteiger partial charge in [-0.1, -0.05) is 29.8 Å². The number of halogens is 2. The molecule has 182 valence electrons. The van der Waals surface area contributed by atoms with Crippen LogP contribution in [0.3, 0.4) is 0 Å². The molecule has 2 amide bonds. The summed E-state index contributed by atoms with van der Waals surface area (Å²) in [5.41, 5.74) is 2.32. The smallest absolute Gasteiger partial charge is 0.246 e. The average Bonchev–Trinajstić information content (AvgIpc) is 2.76. The molecule has 1 fully saturated rings. The number of carbonyl (C=O) groups excluding carboxylic acids is 2. The van der Waals surface area contributed by atoms with E-state index in [1.165, 1.54) is 12.1 Å². The van der Waals surface area contributed by atoms with Crippen molar-refractivity contribution in [3.05, 3.63) is 70.5 Å². The first-order valence-corrected chi connectivity index (χ1v) is 11.7. The van der Waals surface area contributed by atoms with Crippen molar-refractivity contribution in [1.82, 2.24) is 14.7 Å². The summed E-state index contributed by atoms with van der Waals surface area (Å²) >= 11 is 6.12. The lowest BCUT2D eigenvalue weighted by Gasteiger charge is -2.44. The van der Waals surface area contributed by atoms with Crippen LogP contribution < -0.4 is 5.32 Å². The van der Waals surface area contributed by atoms with Crippen LogP contribution in [-0.2, 0) is 16.1 Å². The molecule has 1 heterocycles. The van der Waals surface area contributed by atoms with Gasteiger partial charge in [-0.3, -0.25) is 14.5 Å². The number of nitrogens with one attached hydrogen (secondary N) is 1. The zero-order valence-electron chi connectivity index (χ0n) is 20.1. The van der Waals surface area contributed by atoms with Gasteiger partial charge in [-0.25, -0.2) is 4.39 Å². The number of piperazine rings is 1. The topological polar surface area (TPSA) is 55.9 Å². The largest absolute Gasteiger partial charge is 0.334 e. The molecule has 2 atom stereocenters. The molecule has 0 bridgehead atoms. The van der Waals surface area contributed by atoms with Crippen molar-refractivity contribution < 1.29 is 14.0 Å². The Bertz CT molecular complexity index is 1040. The minimum absolute atomic E-state index is 0.0262. The predicted molar refractivity (Wildman–Crippen MR) is 135 cm³/mol. The van der Waals surface area contributed by atoms with E-state index in [0.717, 1.165) is 12.1 Å². The average molecular weight is 487 g/mol. The predicted octanol–water partition coefficient (Wildman–Crippen LogP) is 4.11. The molecule has 2 aromatic carbocycles. The quantitative estimate of drug-likeness (QED) is 0.598. The zero-order valence-corrected chi connectivity index (χ0v) is 20.8. The van der Waals surface area contributed by atoms with Crippen molar-refractivity contribution in [1.29, 1.82) is 0 Å². The lowest BCUT2D eigenvalue weighted by Crippen LogP contribution is -2.57.